The van der Waals surface area contributed by atoms with Crippen LogP contribution in [0.25, 0.3) is 0 Å². The van der Waals surface area contributed by atoms with Gasteiger partial charge in [-0.15, -0.1) is 12.3 Å². The van der Waals surface area contributed by atoms with Crippen molar-refractivity contribution in [2.24, 2.45) is 0 Å². The van der Waals surface area contributed by atoms with Crippen molar-refractivity contribution < 1.29 is 18.3 Å². The molecule has 1 unspecified atom stereocenters. The van der Waals surface area contributed by atoms with Crippen molar-refractivity contribution in [1.82, 2.24) is 9.03 Å². The zero-order valence-electron chi connectivity index (χ0n) is 11.0. The Morgan fingerprint density at radius 1 is 1.47 bits per heavy atom. The molecule has 0 aromatic rings. The van der Waals surface area contributed by atoms with E-state index >= 15 is 0 Å². The Balaban J connectivity index is 2.73. The van der Waals surface area contributed by atoms with E-state index in [1.54, 1.807) is 0 Å². The maximum atomic E-state index is 12.1. The van der Waals surface area contributed by atoms with E-state index in [-0.39, 0.29) is 12.5 Å². The fourth-order valence-corrected chi connectivity index (χ4v) is 3.51. The lowest BCUT2D eigenvalue weighted by Crippen LogP contribution is -2.50. The molecule has 0 aliphatic heterocycles. The summed E-state index contributed by atoms with van der Waals surface area (Å²) in [6, 6.07) is -1.34. The van der Waals surface area contributed by atoms with Gasteiger partial charge in [-0.05, 0) is 12.8 Å². The van der Waals surface area contributed by atoms with Crippen molar-refractivity contribution in [2.75, 3.05) is 7.05 Å². The fraction of sp³-hybridized carbons (Fsp3) is 0.750. The summed E-state index contributed by atoms with van der Waals surface area (Å²) in [4.78, 5) is 10.9. The van der Waals surface area contributed by atoms with Crippen LogP contribution in [0.1, 0.15) is 38.5 Å². The average molecular weight is 288 g/mol. The minimum Gasteiger partial charge on any atom is -0.480 e. The first-order valence-corrected chi connectivity index (χ1v) is 7.74. The second-order valence-corrected chi connectivity index (χ2v) is 6.49. The molecular formula is C12H20N2O4S. The van der Waals surface area contributed by atoms with Crippen LogP contribution in [0.2, 0.25) is 0 Å². The first-order chi connectivity index (χ1) is 8.88. The lowest BCUT2D eigenvalue weighted by atomic mass is 9.96. The maximum Gasteiger partial charge on any atom is 0.322 e. The van der Waals surface area contributed by atoms with Crippen molar-refractivity contribution in [3.8, 4) is 12.3 Å². The Bertz CT molecular complexity index is 449. The summed E-state index contributed by atoms with van der Waals surface area (Å²) in [5, 5.41) is 8.92. The standard InChI is InChI=1S/C12H20N2O4S/c1-3-7-11(12(15)16)13-19(17,18)14(2)10-8-5-4-6-9-10/h1,10-11,13H,4-9H2,2H3,(H,15,16). The van der Waals surface area contributed by atoms with E-state index < -0.39 is 22.2 Å². The molecule has 0 aromatic carbocycles. The van der Waals surface area contributed by atoms with Gasteiger partial charge in [-0.25, -0.2) is 0 Å². The summed E-state index contributed by atoms with van der Waals surface area (Å²) in [7, 11) is -2.34. The van der Waals surface area contributed by atoms with E-state index in [0.717, 1.165) is 32.1 Å². The third-order valence-corrected chi connectivity index (χ3v) is 5.02. The highest BCUT2D eigenvalue weighted by Gasteiger charge is 2.31. The lowest BCUT2D eigenvalue weighted by Gasteiger charge is -2.31. The highest BCUT2D eigenvalue weighted by atomic mass is 32.2. The van der Waals surface area contributed by atoms with Gasteiger partial charge in [0, 0.05) is 19.5 Å². The Morgan fingerprint density at radius 3 is 2.53 bits per heavy atom. The number of carboxylic acids is 1. The highest BCUT2D eigenvalue weighted by molar-refractivity contribution is 7.87. The number of carbonyl (C=O) groups is 1. The van der Waals surface area contributed by atoms with Gasteiger partial charge in [0.05, 0.1) is 0 Å². The number of hydrogen-bond donors (Lipinski definition) is 2. The van der Waals surface area contributed by atoms with Crippen molar-refractivity contribution in [2.45, 2.75) is 50.6 Å². The van der Waals surface area contributed by atoms with E-state index in [1.165, 1.54) is 11.4 Å². The molecule has 1 rings (SSSR count). The molecule has 0 heterocycles. The smallest absolute Gasteiger partial charge is 0.322 e. The summed E-state index contributed by atoms with van der Waals surface area (Å²) in [5.41, 5.74) is 0. The van der Waals surface area contributed by atoms with Gasteiger partial charge < -0.3 is 5.11 Å². The predicted molar refractivity (Wildman–Crippen MR) is 71.6 cm³/mol. The van der Waals surface area contributed by atoms with Gasteiger partial charge in [-0.2, -0.15) is 17.4 Å². The molecule has 0 saturated heterocycles. The third kappa shape index (κ3) is 4.49. The molecule has 1 atom stereocenters. The van der Waals surface area contributed by atoms with Gasteiger partial charge in [0.15, 0.2) is 0 Å². The van der Waals surface area contributed by atoms with Crippen LogP contribution >= 0.6 is 0 Å². The van der Waals surface area contributed by atoms with E-state index in [2.05, 4.69) is 10.6 Å². The summed E-state index contributed by atoms with van der Waals surface area (Å²) >= 11 is 0. The topological polar surface area (TPSA) is 86.7 Å². The number of aliphatic carboxylic acids is 1. The number of terminal acetylenes is 1. The molecule has 7 heteroatoms. The molecule has 0 amide bonds. The zero-order chi connectivity index (χ0) is 14.5. The molecular weight excluding hydrogens is 268 g/mol. The number of rotatable bonds is 6. The van der Waals surface area contributed by atoms with Crippen molar-refractivity contribution in [3.63, 3.8) is 0 Å². The van der Waals surface area contributed by atoms with Crippen molar-refractivity contribution in [3.05, 3.63) is 0 Å². The van der Waals surface area contributed by atoms with Crippen LogP contribution in [-0.2, 0) is 15.0 Å². The molecule has 0 aromatic heterocycles. The summed E-state index contributed by atoms with van der Waals surface area (Å²) in [6.07, 6.45) is 9.60. The molecule has 2 N–H and O–H groups in total. The summed E-state index contributed by atoms with van der Waals surface area (Å²) in [6.45, 7) is 0. The third-order valence-electron chi connectivity index (χ3n) is 3.38. The van der Waals surface area contributed by atoms with Crippen LogP contribution in [0.15, 0.2) is 0 Å². The predicted octanol–water partition coefficient (Wildman–Crippen LogP) is 0.562. The molecule has 108 valence electrons. The Morgan fingerprint density at radius 2 is 2.05 bits per heavy atom. The number of nitrogens with zero attached hydrogens (tertiary/aromatic N) is 1. The van der Waals surface area contributed by atoms with E-state index in [1.807, 2.05) is 0 Å². The monoisotopic (exact) mass is 288 g/mol. The number of hydrogen-bond acceptors (Lipinski definition) is 3. The average Bonchev–Trinajstić information content (AvgIpc) is 2.38. The molecule has 1 aliphatic rings. The summed E-state index contributed by atoms with van der Waals surface area (Å²) in [5.74, 6) is 0.899. The molecule has 19 heavy (non-hydrogen) atoms. The van der Waals surface area contributed by atoms with E-state index in [4.69, 9.17) is 11.5 Å². The van der Waals surface area contributed by atoms with Crippen LogP contribution in [0.3, 0.4) is 0 Å². The van der Waals surface area contributed by atoms with E-state index in [9.17, 15) is 13.2 Å². The zero-order valence-corrected chi connectivity index (χ0v) is 11.8. The fourth-order valence-electron chi connectivity index (χ4n) is 2.20. The van der Waals surface area contributed by atoms with Crippen LogP contribution in [-0.4, -0.2) is 42.9 Å². The first kappa shape index (κ1) is 16.0. The van der Waals surface area contributed by atoms with Crippen LogP contribution in [0, 0.1) is 12.3 Å². The largest absolute Gasteiger partial charge is 0.480 e. The Kier molecular flexibility index (Phi) is 5.79. The molecule has 1 saturated carbocycles. The lowest BCUT2D eigenvalue weighted by molar-refractivity contribution is -0.138. The Labute approximate surface area is 114 Å². The number of carboxylic acid groups (broad SMARTS) is 1. The normalized spacial score (nSPS) is 19.0. The van der Waals surface area contributed by atoms with Gasteiger partial charge in [0.2, 0.25) is 0 Å². The van der Waals surface area contributed by atoms with Gasteiger partial charge in [-0.1, -0.05) is 19.3 Å². The minimum atomic E-state index is -3.82. The molecule has 0 radical (unpaired) electrons. The minimum absolute atomic E-state index is 0.0634. The highest BCUT2D eigenvalue weighted by Crippen LogP contribution is 2.23. The Hall–Kier alpha value is -1.10. The van der Waals surface area contributed by atoms with Gasteiger partial charge >= 0.3 is 5.97 Å². The van der Waals surface area contributed by atoms with Crippen LogP contribution in [0.5, 0.6) is 0 Å². The molecule has 1 fully saturated rings. The number of nitrogens with one attached hydrogen (secondary N) is 1. The van der Waals surface area contributed by atoms with Crippen molar-refractivity contribution >= 4 is 16.2 Å². The molecule has 6 nitrogen and oxygen atoms in total. The van der Waals surface area contributed by atoms with Gasteiger partial charge in [0.25, 0.3) is 10.2 Å². The second-order valence-electron chi connectivity index (χ2n) is 4.73. The quantitative estimate of drug-likeness (QED) is 0.699. The molecule has 0 bridgehead atoms. The van der Waals surface area contributed by atoms with Crippen molar-refractivity contribution in [1.29, 1.82) is 0 Å². The molecule has 1 aliphatic carbocycles. The first-order valence-electron chi connectivity index (χ1n) is 6.30. The van der Waals surface area contributed by atoms with Gasteiger partial charge in [0.1, 0.15) is 6.04 Å². The molecule has 0 spiro atoms. The summed E-state index contributed by atoms with van der Waals surface area (Å²) < 4.78 is 27.6. The van der Waals surface area contributed by atoms with Crippen LogP contribution < -0.4 is 4.72 Å². The SMILES string of the molecule is C#CCC(NS(=O)(=O)N(C)C1CCCCC1)C(=O)O. The maximum absolute atomic E-state index is 12.1. The van der Waals surface area contributed by atoms with Crippen LogP contribution in [0.4, 0.5) is 0 Å². The van der Waals surface area contributed by atoms with Gasteiger partial charge in [-0.3, -0.25) is 4.79 Å². The second kappa shape index (κ2) is 6.89. The van der Waals surface area contributed by atoms with E-state index in [0.29, 0.717) is 0 Å².